The molecule has 0 spiro atoms. The van der Waals surface area contributed by atoms with Crippen molar-refractivity contribution in [3.63, 3.8) is 0 Å². The third kappa shape index (κ3) is 4.39. The smallest absolute Gasteiger partial charge is 0.0216 e. The maximum Gasteiger partial charge on any atom is 0.0216 e. The molecular formula is C11H17IN2. The fraction of sp³-hybridized carbons (Fsp3) is 0.455. The van der Waals surface area contributed by atoms with E-state index in [0.717, 1.165) is 19.6 Å². The lowest BCUT2D eigenvalue weighted by atomic mass is 10.2. The number of nitrogens with zero attached hydrogens (tertiary/aromatic N) is 1. The van der Waals surface area contributed by atoms with Crippen molar-refractivity contribution in [2.24, 2.45) is 0 Å². The maximum atomic E-state index is 3.43. The molecule has 0 aromatic heterocycles. The third-order valence-electron chi connectivity index (χ3n) is 2.01. The molecule has 0 aliphatic heterocycles. The Morgan fingerprint density at radius 1 is 1.29 bits per heavy atom. The highest BCUT2D eigenvalue weighted by Gasteiger charge is 1.97. The summed E-state index contributed by atoms with van der Waals surface area (Å²) in [7, 11) is 4.18. The predicted molar refractivity (Wildman–Crippen MR) is 69.4 cm³/mol. The van der Waals surface area contributed by atoms with Crippen molar-refractivity contribution in [2.45, 2.75) is 6.54 Å². The monoisotopic (exact) mass is 304 g/mol. The molecule has 0 fully saturated rings. The van der Waals surface area contributed by atoms with Crippen molar-refractivity contribution >= 4 is 22.6 Å². The topological polar surface area (TPSA) is 15.3 Å². The Balaban J connectivity index is 2.28. The second-order valence-corrected chi connectivity index (χ2v) is 4.73. The van der Waals surface area contributed by atoms with E-state index in [1.165, 1.54) is 9.13 Å². The number of hydrogen-bond donors (Lipinski definition) is 1. The molecule has 1 aromatic rings. The van der Waals surface area contributed by atoms with Crippen molar-refractivity contribution < 1.29 is 0 Å². The van der Waals surface area contributed by atoms with E-state index in [9.17, 15) is 0 Å². The summed E-state index contributed by atoms with van der Waals surface area (Å²) in [5.41, 5.74) is 1.38. The Bertz CT molecular complexity index is 274. The van der Waals surface area contributed by atoms with Crippen LogP contribution in [0.1, 0.15) is 5.56 Å². The van der Waals surface area contributed by atoms with Crippen LogP contribution in [0.4, 0.5) is 0 Å². The van der Waals surface area contributed by atoms with Gasteiger partial charge in [0.2, 0.25) is 0 Å². The van der Waals surface area contributed by atoms with E-state index in [2.05, 4.69) is 71.2 Å². The zero-order valence-electron chi connectivity index (χ0n) is 8.76. The van der Waals surface area contributed by atoms with Crippen LogP contribution in [0.25, 0.3) is 0 Å². The summed E-state index contributed by atoms with van der Waals surface area (Å²) < 4.78 is 1.34. The number of nitrogens with one attached hydrogen (secondary N) is 1. The highest BCUT2D eigenvalue weighted by Crippen LogP contribution is 2.10. The number of rotatable bonds is 5. The Morgan fingerprint density at radius 2 is 2.00 bits per heavy atom. The normalized spacial score (nSPS) is 10.9. The largest absolute Gasteiger partial charge is 0.311 e. The molecule has 2 nitrogen and oxygen atoms in total. The van der Waals surface area contributed by atoms with Gasteiger partial charge in [-0.3, -0.25) is 0 Å². The van der Waals surface area contributed by atoms with Gasteiger partial charge in [0.15, 0.2) is 0 Å². The van der Waals surface area contributed by atoms with E-state index in [0.29, 0.717) is 0 Å². The lowest BCUT2D eigenvalue weighted by molar-refractivity contribution is 0.400. The summed E-state index contributed by atoms with van der Waals surface area (Å²) in [5.74, 6) is 0. The van der Waals surface area contributed by atoms with Gasteiger partial charge in [-0.1, -0.05) is 18.2 Å². The predicted octanol–water partition coefficient (Wildman–Crippen LogP) is 1.94. The number of halogens is 1. The minimum atomic E-state index is 0.965. The molecule has 0 amide bonds. The fourth-order valence-corrected chi connectivity index (χ4v) is 1.75. The van der Waals surface area contributed by atoms with Crippen LogP contribution in [0.2, 0.25) is 0 Å². The van der Waals surface area contributed by atoms with Crippen molar-refractivity contribution in [3.05, 3.63) is 33.4 Å². The zero-order chi connectivity index (χ0) is 10.4. The molecular weight excluding hydrogens is 287 g/mol. The van der Waals surface area contributed by atoms with Gasteiger partial charge in [-0.15, -0.1) is 0 Å². The first kappa shape index (κ1) is 11.9. The summed E-state index contributed by atoms with van der Waals surface area (Å²) in [6.07, 6.45) is 0. The second-order valence-electron chi connectivity index (χ2n) is 3.57. The molecule has 0 bridgehead atoms. The summed E-state index contributed by atoms with van der Waals surface area (Å²) in [6, 6.07) is 8.48. The average Bonchev–Trinajstić information content (AvgIpc) is 2.15. The fourth-order valence-electron chi connectivity index (χ4n) is 1.17. The quantitative estimate of drug-likeness (QED) is 0.661. The standard InChI is InChI=1S/C11H17IN2/c1-14(2)8-7-13-9-10-5-3-4-6-11(10)12/h3-6,13H,7-9H2,1-2H3. The van der Waals surface area contributed by atoms with Gasteiger partial charge in [-0.05, 0) is 48.3 Å². The summed E-state index contributed by atoms with van der Waals surface area (Å²) in [4.78, 5) is 2.18. The molecule has 3 heteroatoms. The molecule has 0 aliphatic carbocycles. The van der Waals surface area contributed by atoms with Crippen molar-refractivity contribution in [3.8, 4) is 0 Å². The van der Waals surface area contributed by atoms with E-state index in [-0.39, 0.29) is 0 Å². The first-order chi connectivity index (χ1) is 6.70. The number of benzene rings is 1. The van der Waals surface area contributed by atoms with Gasteiger partial charge in [-0.2, -0.15) is 0 Å². The average molecular weight is 304 g/mol. The maximum absolute atomic E-state index is 3.43. The molecule has 1 aromatic carbocycles. The van der Waals surface area contributed by atoms with E-state index >= 15 is 0 Å². The first-order valence-corrected chi connectivity index (χ1v) is 5.87. The van der Waals surface area contributed by atoms with Crippen LogP contribution in [0.5, 0.6) is 0 Å². The van der Waals surface area contributed by atoms with Crippen LogP contribution >= 0.6 is 22.6 Å². The Kier molecular flexibility index (Phi) is 5.44. The molecule has 0 aliphatic rings. The van der Waals surface area contributed by atoms with Gasteiger partial charge in [0.05, 0.1) is 0 Å². The SMILES string of the molecule is CN(C)CCNCc1ccccc1I. The summed E-state index contributed by atoms with van der Waals surface area (Å²) in [5, 5.41) is 3.43. The second kappa shape index (κ2) is 6.37. The summed E-state index contributed by atoms with van der Waals surface area (Å²) >= 11 is 2.38. The van der Waals surface area contributed by atoms with E-state index in [1.807, 2.05) is 0 Å². The van der Waals surface area contributed by atoms with Gasteiger partial charge in [0, 0.05) is 23.2 Å². The Hall–Kier alpha value is -0.130. The van der Waals surface area contributed by atoms with Gasteiger partial charge < -0.3 is 10.2 Å². The molecule has 0 atom stereocenters. The van der Waals surface area contributed by atoms with Gasteiger partial charge in [0.1, 0.15) is 0 Å². The molecule has 0 saturated heterocycles. The lowest BCUT2D eigenvalue weighted by Gasteiger charge is -2.10. The Labute approximate surface area is 99.8 Å². The minimum absolute atomic E-state index is 0.965. The third-order valence-corrected chi connectivity index (χ3v) is 3.06. The molecule has 0 saturated carbocycles. The van der Waals surface area contributed by atoms with Crippen LogP contribution in [0.3, 0.4) is 0 Å². The van der Waals surface area contributed by atoms with Crippen LogP contribution < -0.4 is 5.32 Å². The molecule has 0 unspecified atom stereocenters. The summed E-state index contributed by atoms with van der Waals surface area (Å²) in [6.45, 7) is 3.09. The molecule has 78 valence electrons. The lowest BCUT2D eigenvalue weighted by Crippen LogP contribution is -2.26. The van der Waals surface area contributed by atoms with Crippen LogP contribution in [-0.2, 0) is 6.54 Å². The molecule has 0 heterocycles. The van der Waals surface area contributed by atoms with E-state index in [4.69, 9.17) is 0 Å². The van der Waals surface area contributed by atoms with E-state index < -0.39 is 0 Å². The van der Waals surface area contributed by atoms with Crippen molar-refractivity contribution in [1.82, 2.24) is 10.2 Å². The van der Waals surface area contributed by atoms with Crippen LogP contribution in [0, 0.1) is 3.57 Å². The van der Waals surface area contributed by atoms with Crippen molar-refractivity contribution in [2.75, 3.05) is 27.2 Å². The number of likely N-dealkylation sites (N-methyl/N-ethyl adjacent to an activating group) is 1. The molecule has 1 rings (SSSR count). The number of hydrogen-bond acceptors (Lipinski definition) is 2. The molecule has 0 radical (unpaired) electrons. The van der Waals surface area contributed by atoms with Gasteiger partial charge >= 0.3 is 0 Å². The first-order valence-electron chi connectivity index (χ1n) is 4.79. The van der Waals surface area contributed by atoms with Gasteiger partial charge in [0.25, 0.3) is 0 Å². The minimum Gasteiger partial charge on any atom is -0.311 e. The Morgan fingerprint density at radius 3 is 2.64 bits per heavy atom. The van der Waals surface area contributed by atoms with Crippen LogP contribution in [0.15, 0.2) is 24.3 Å². The highest BCUT2D eigenvalue weighted by atomic mass is 127. The molecule has 14 heavy (non-hydrogen) atoms. The molecule has 1 N–H and O–H groups in total. The zero-order valence-corrected chi connectivity index (χ0v) is 10.9. The van der Waals surface area contributed by atoms with Gasteiger partial charge in [-0.25, -0.2) is 0 Å². The van der Waals surface area contributed by atoms with Crippen molar-refractivity contribution in [1.29, 1.82) is 0 Å². The highest BCUT2D eigenvalue weighted by molar-refractivity contribution is 14.1. The van der Waals surface area contributed by atoms with Crippen LogP contribution in [-0.4, -0.2) is 32.1 Å². The van der Waals surface area contributed by atoms with E-state index in [1.54, 1.807) is 0 Å².